The van der Waals surface area contributed by atoms with Crippen molar-refractivity contribution >= 4 is 60.3 Å². The molecule has 7 heterocycles. The quantitative estimate of drug-likeness (QED) is 0.108. The highest BCUT2D eigenvalue weighted by molar-refractivity contribution is 8.07. The van der Waals surface area contributed by atoms with Gasteiger partial charge in [-0.25, -0.2) is 4.57 Å². The molecule has 4 unspecified atom stereocenters. The molecule has 21 nitrogen and oxygen atoms in total. The second kappa shape index (κ2) is 11.3. The summed E-state index contributed by atoms with van der Waals surface area (Å²) in [7, 11) is -5.04. The first-order valence-corrected chi connectivity index (χ1v) is 17.5. The predicted molar refractivity (Wildman–Crippen MR) is 157 cm³/mol. The number of aromatic nitrogens is 6. The summed E-state index contributed by atoms with van der Waals surface area (Å²) >= 11 is 5.22. The highest BCUT2D eigenvalue weighted by Gasteiger charge is 2.53. The molecule has 248 valence electrons. The van der Waals surface area contributed by atoms with Gasteiger partial charge in [-0.05, 0) is 23.9 Å². The van der Waals surface area contributed by atoms with Crippen LogP contribution < -0.4 is 22.6 Å². The normalized spacial score (nSPS) is 37.1. The molecule has 0 amide bonds. The van der Waals surface area contributed by atoms with Gasteiger partial charge < -0.3 is 54.6 Å². The number of phosphoric acid groups is 1. The van der Waals surface area contributed by atoms with Crippen molar-refractivity contribution in [2.45, 2.75) is 49.1 Å². The number of anilines is 2. The van der Waals surface area contributed by atoms with Crippen LogP contribution in [0, 0.1) is 0 Å². The number of aromatic amines is 2. The van der Waals surface area contributed by atoms with E-state index in [-0.39, 0.29) is 34.0 Å². The van der Waals surface area contributed by atoms with E-state index in [0.29, 0.717) is 0 Å². The van der Waals surface area contributed by atoms with Gasteiger partial charge in [0.05, 0.1) is 24.0 Å². The summed E-state index contributed by atoms with van der Waals surface area (Å²) in [4.78, 5) is 59.3. The van der Waals surface area contributed by atoms with Crippen LogP contribution in [0.25, 0.3) is 22.1 Å². The molecule has 3 saturated heterocycles. The molecular weight excluding hydrogens is 678 g/mol. The van der Waals surface area contributed by atoms with E-state index in [1.54, 1.807) is 0 Å². The molecule has 3 aliphatic heterocycles. The van der Waals surface area contributed by atoms with Crippen molar-refractivity contribution < 1.29 is 52.1 Å². The molecule has 3 fully saturated rings. The average Bonchev–Trinajstić information content (AvgIpc) is 3.72. The fourth-order valence-corrected chi connectivity index (χ4v) is 8.02. The number of rotatable bonds is 2. The fraction of sp³-hybridized carbons (Fsp3) is 0.455. The molecule has 10 atom stereocenters. The Morgan fingerprint density at radius 1 is 0.826 bits per heavy atom. The van der Waals surface area contributed by atoms with Gasteiger partial charge in [0.15, 0.2) is 23.8 Å². The number of fused-ring (bicyclic) bond motifs is 5. The Balaban J connectivity index is 1.21. The minimum atomic E-state index is -5.04. The standard InChI is InChI=1S/C22H26N8O13P2S/c23-21-25-15-7(17(33)27-21)1-3-29(15)19-12(32)13-10(41-19)6-39-45(37,46)43-14-11(31)9(5-38-44(35,36)42-13)40-20(14)30-4-2-8-16(30)26-22(24)28-18(8)34/h1-4,9-14,19-20,31-32H,5-6H2,(H,35,36)(H,37,46)(H3,23,25,27,33)(H3,24,26,28,34)/t9-,10-,11?,12?,13+,14+,19-,20-,45?/m1/s1. The lowest BCUT2D eigenvalue weighted by molar-refractivity contribution is -0.0634. The van der Waals surface area contributed by atoms with Crippen LogP contribution in [0.1, 0.15) is 12.5 Å². The van der Waals surface area contributed by atoms with Crippen molar-refractivity contribution in [3.63, 3.8) is 0 Å². The van der Waals surface area contributed by atoms with Gasteiger partial charge >= 0.3 is 14.5 Å². The number of hydrogen-bond donors (Lipinski definition) is 8. The molecule has 46 heavy (non-hydrogen) atoms. The molecule has 3 aliphatic rings. The van der Waals surface area contributed by atoms with Crippen molar-refractivity contribution in [3.8, 4) is 0 Å². The summed E-state index contributed by atoms with van der Waals surface area (Å²) in [5.74, 6) is -0.426. The number of phosphoric ester groups is 1. The lowest BCUT2D eigenvalue weighted by Crippen LogP contribution is -2.36. The molecule has 0 spiro atoms. The Kier molecular flexibility index (Phi) is 7.72. The van der Waals surface area contributed by atoms with E-state index in [2.05, 4.69) is 19.9 Å². The summed E-state index contributed by atoms with van der Waals surface area (Å²) in [5, 5.41) is 22.6. The van der Waals surface area contributed by atoms with E-state index in [1.165, 1.54) is 33.7 Å². The number of nitrogens with zero attached hydrogens (tertiary/aromatic N) is 4. The number of nitrogen functional groups attached to an aromatic ring is 2. The Morgan fingerprint density at radius 2 is 1.37 bits per heavy atom. The van der Waals surface area contributed by atoms with E-state index in [4.69, 9.17) is 50.8 Å². The molecule has 10 N–H and O–H groups in total. The Labute approximate surface area is 260 Å². The first kappa shape index (κ1) is 31.5. The molecule has 7 rings (SSSR count). The molecule has 0 radical (unpaired) electrons. The topological polar surface area (TPSA) is 307 Å². The second-order valence-corrected chi connectivity index (χ2v) is 14.8. The number of aliphatic hydroxyl groups is 2. The monoisotopic (exact) mass is 704 g/mol. The van der Waals surface area contributed by atoms with E-state index in [0.717, 1.165) is 0 Å². The zero-order valence-electron chi connectivity index (χ0n) is 23.1. The van der Waals surface area contributed by atoms with Gasteiger partial charge in [-0.1, -0.05) is 0 Å². The van der Waals surface area contributed by atoms with Crippen molar-refractivity contribution in [2.75, 3.05) is 24.7 Å². The van der Waals surface area contributed by atoms with Crippen LogP contribution in [0.2, 0.25) is 0 Å². The van der Waals surface area contributed by atoms with Crippen LogP contribution in [0.3, 0.4) is 0 Å². The highest BCUT2D eigenvalue weighted by Crippen LogP contribution is 2.54. The van der Waals surface area contributed by atoms with Gasteiger partial charge in [0.2, 0.25) is 11.9 Å². The predicted octanol–water partition coefficient (Wildman–Crippen LogP) is -1.72. The summed E-state index contributed by atoms with van der Waals surface area (Å²) in [6.07, 6.45) is -9.07. The molecule has 0 aromatic carbocycles. The Hall–Kier alpha value is -3.08. The van der Waals surface area contributed by atoms with Gasteiger partial charge in [-0.3, -0.25) is 33.1 Å². The lowest BCUT2D eigenvalue weighted by Gasteiger charge is -2.27. The van der Waals surface area contributed by atoms with E-state index < -0.39 is 88.0 Å². The third-order valence-electron chi connectivity index (χ3n) is 7.68. The van der Waals surface area contributed by atoms with Crippen LogP contribution >= 0.6 is 14.5 Å². The van der Waals surface area contributed by atoms with Crippen LogP contribution in [0.4, 0.5) is 11.9 Å². The molecular formula is C22H26N8O13P2S. The zero-order chi connectivity index (χ0) is 32.7. The van der Waals surface area contributed by atoms with Gasteiger partial charge in [0, 0.05) is 12.4 Å². The number of hydrogen-bond acceptors (Lipinski definition) is 16. The minimum Gasteiger partial charge on any atom is -0.387 e. The third kappa shape index (κ3) is 5.50. The van der Waals surface area contributed by atoms with Crippen molar-refractivity contribution in [1.82, 2.24) is 29.1 Å². The molecule has 0 aliphatic carbocycles. The van der Waals surface area contributed by atoms with Crippen LogP contribution in [-0.2, 0) is 43.9 Å². The summed E-state index contributed by atoms with van der Waals surface area (Å²) in [6, 6.07) is 2.80. The largest absolute Gasteiger partial charge is 0.472 e. The first-order valence-electron chi connectivity index (χ1n) is 13.4. The number of aliphatic hydroxyl groups excluding tert-OH is 2. The fourth-order valence-electron chi connectivity index (χ4n) is 5.64. The average molecular weight is 705 g/mol. The Morgan fingerprint density at radius 3 is 1.98 bits per heavy atom. The summed E-state index contributed by atoms with van der Waals surface area (Å²) in [6.45, 7) is -5.69. The molecule has 4 aromatic heterocycles. The number of H-pyrrole nitrogens is 2. The van der Waals surface area contributed by atoms with Gasteiger partial charge in [-0.2, -0.15) is 9.97 Å². The summed E-state index contributed by atoms with van der Waals surface area (Å²) < 4.78 is 49.2. The number of ether oxygens (including phenoxy) is 2. The maximum absolute atomic E-state index is 13.1. The minimum absolute atomic E-state index is 0.0311. The van der Waals surface area contributed by atoms with Crippen molar-refractivity contribution in [1.29, 1.82) is 0 Å². The highest BCUT2D eigenvalue weighted by atomic mass is 32.5. The van der Waals surface area contributed by atoms with Crippen LogP contribution in [-0.4, -0.2) is 98.9 Å². The first-order chi connectivity index (χ1) is 21.7. The maximum atomic E-state index is 13.1. The van der Waals surface area contributed by atoms with Crippen LogP contribution in [0.5, 0.6) is 0 Å². The van der Waals surface area contributed by atoms with Crippen molar-refractivity contribution in [3.05, 3.63) is 45.2 Å². The molecule has 4 aromatic rings. The van der Waals surface area contributed by atoms with E-state index in [9.17, 15) is 34.2 Å². The van der Waals surface area contributed by atoms with Gasteiger partial charge in [0.1, 0.15) is 36.6 Å². The zero-order valence-corrected chi connectivity index (χ0v) is 25.7. The van der Waals surface area contributed by atoms with Crippen LogP contribution in [0.15, 0.2) is 34.1 Å². The number of nitrogens with two attached hydrogens (primary N) is 2. The summed E-state index contributed by atoms with van der Waals surface area (Å²) in [5.41, 5.74) is 10.4. The van der Waals surface area contributed by atoms with Gasteiger partial charge in [-0.15, -0.1) is 0 Å². The number of nitrogens with one attached hydrogen (secondary N) is 2. The molecule has 24 heteroatoms. The second-order valence-electron chi connectivity index (χ2n) is 10.6. The van der Waals surface area contributed by atoms with E-state index >= 15 is 0 Å². The SMILES string of the molecule is Nc1nc2c(ccn2[C@@H]2O[C@@H]3COP(O)(=S)O[C@H]4C(O)[C@@H](COP(=O)(O)O[C@@H]3C2O)O[C@H]4n2ccc3c(=O)[nH]c(N)nc32)c(=O)[nH]1. The Bertz CT molecular complexity index is 2050. The van der Waals surface area contributed by atoms with Crippen molar-refractivity contribution in [2.24, 2.45) is 0 Å². The van der Waals surface area contributed by atoms with Gasteiger partial charge in [0.25, 0.3) is 11.1 Å². The smallest absolute Gasteiger partial charge is 0.387 e. The third-order valence-corrected chi connectivity index (χ3v) is 10.2. The van der Waals surface area contributed by atoms with E-state index in [1.807, 2.05) is 0 Å². The molecule has 2 bridgehead atoms. The maximum Gasteiger partial charge on any atom is 0.472 e. The lowest BCUT2D eigenvalue weighted by atomic mass is 10.1. The molecule has 0 saturated carbocycles.